The summed E-state index contributed by atoms with van der Waals surface area (Å²) in [6.07, 6.45) is 1.08. The lowest BCUT2D eigenvalue weighted by molar-refractivity contribution is 0.0646. The van der Waals surface area contributed by atoms with Gasteiger partial charge in [0.25, 0.3) is 0 Å². The minimum Gasteiger partial charge on any atom is -0.374 e. The average Bonchev–Trinajstić information content (AvgIpc) is 2.70. The smallest absolute Gasteiger partial charge is 0.191 e. The Labute approximate surface area is 188 Å². The Morgan fingerprint density at radius 1 is 1.11 bits per heavy atom. The van der Waals surface area contributed by atoms with Crippen molar-refractivity contribution in [3.05, 3.63) is 35.9 Å². The van der Waals surface area contributed by atoms with E-state index in [1.54, 1.807) is 0 Å². The Morgan fingerprint density at radius 2 is 1.79 bits per heavy atom. The molecule has 1 fully saturated rings. The Hall–Kier alpha value is -0.900. The van der Waals surface area contributed by atoms with Crippen LogP contribution in [0.2, 0.25) is 0 Å². The summed E-state index contributed by atoms with van der Waals surface area (Å²) in [5.41, 5.74) is 1.22. The molecule has 2 unspecified atom stereocenters. The first kappa shape index (κ1) is 25.1. The van der Waals surface area contributed by atoms with Gasteiger partial charge in [0, 0.05) is 59.0 Å². The fourth-order valence-corrected chi connectivity index (χ4v) is 3.22. The van der Waals surface area contributed by atoms with E-state index in [2.05, 4.69) is 70.6 Å². The molecule has 0 amide bonds. The second kappa shape index (κ2) is 14.1. The van der Waals surface area contributed by atoms with E-state index in [1.165, 1.54) is 5.56 Å². The molecular formula is C21H38IN5O. The van der Waals surface area contributed by atoms with Crippen molar-refractivity contribution < 1.29 is 4.74 Å². The molecule has 1 aliphatic heterocycles. The van der Waals surface area contributed by atoms with Crippen LogP contribution in [0.5, 0.6) is 0 Å². The van der Waals surface area contributed by atoms with Crippen LogP contribution in [0.15, 0.2) is 35.3 Å². The van der Waals surface area contributed by atoms with Crippen molar-refractivity contribution >= 4 is 29.9 Å². The number of hydrogen-bond donors (Lipinski definition) is 2. The molecule has 2 atom stereocenters. The second-order valence-corrected chi connectivity index (χ2v) is 7.35. The van der Waals surface area contributed by atoms with Crippen LogP contribution in [0.1, 0.15) is 31.9 Å². The fourth-order valence-electron chi connectivity index (χ4n) is 3.22. The molecule has 1 aliphatic rings. The van der Waals surface area contributed by atoms with E-state index in [1.807, 2.05) is 13.1 Å². The van der Waals surface area contributed by atoms with Gasteiger partial charge in [-0.3, -0.25) is 9.89 Å². The third-order valence-corrected chi connectivity index (χ3v) is 5.20. The van der Waals surface area contributed by atoms with Gasteiger partial charge in [0.15, 0.2) is 5.96 Å². The van der Waals surface area contributed by atoms with Crippen molar-refractivity contribution in [1.82, 2.24) is 20.4 Å². The highest BCUT2D eigenvalue weighted by Gasteiger charge is 2.18. The number of hydrogen-bond acceptors (Lipinski definition) is 4. The Kier molecular flexibility index (Phi) is 12.7. The van der Waals surface area contributed by atoms with Crippen molar-refractivity contribution in [2.75, 3.05) is 60.0 Å². The van der Waals surface area contributed by atoms with Gasteiger partial charge in [-0.15, -0.1) is 24.0 Å². The van der Waals surface area contributed by atoms with Gasteiger partial charge in [-0.25, -0.2) is 0 Å². The lowest BCUT2D eigenvalue weighted by Crippen LogP contribution is -2.52. The molecule has 0 aromatic heterocycles. The number of aliphatic imine (C=N–C) groups is 1. The Balaban J connectivity index is 0.00000392. The minimum absolute atomic E-state index is 0. The standard InChI is InChI=1S/C21H37N5O.HI/c1-18(26-14-12-25(4)13-15-26)17-24-21(22-3)23-11-8-16-27-19(2)20-9-6-5-7-10-20;/h5-7,9-10,18-19H,8,11-17H2,1-4H3,(H2,22,23,24);1H. The number of halogens is 1. The molecule has 1 heterocycles. The van der Waals surface area contributed by atoms with Crippen LogP contribution in [0.25, 0.3) is 0 Å². The van der Waals surface area contributed by atoms with Crippen LogP contribution in [-0.4, -0.2) is 81.8 Å². The molecule has 7 heteroatoms. The van der Waals surface area contributed by atoms with Crippen molar-refractivity contribution in [2.24, 2.45) is 4.99 Å². The van der Waals surface area contributed by atoms with Crippen molar-refractivity contribution in [1.29, 1.82) is 0 Å². The highest BCUT2D eigenvalue weighted by atomic mass is 127. The third-order valence-electron chi connectivity index (χ3n) is 5.20. The summed E-state index contributed by atoms with van der Waals surface area (Å²) in [6.45, 7) is 11.5. The summed E-state index contributed by atoms with van der Waals surface area (Å²) >= 11 is 0. The summed E-state index contributed by atoms with van der Waals surface area (Å²) in [4.78, 5) is 9.25. The number of ether oxygens (including phenoxy) is 1. The topological polar surface area (TPSA) is 52.1 Å². The van der Waals surface area contributed by atoms with E-state index in [-0.39, 0.29) is 30.1 Å². The largest absolute Gasteiger partial charge is 0.374 e. The summed E-state index contributed by atoms with van der Waals surface area (Å²) in [6, 6.07) is 10.9. The van der Waals surface area contributed by atoms with Crippen LogP contribution < -0.4 is 10.6 Å². The molecule has 1 aromatic rings. The normalized spacial score (nSPS) is 18.2. The molecule has 0 bridgehead atoms. The predicted molar refractivity (Wildman–Crippen MR) is 129 cm³/mol. The first-order valence-electron chi connectivity index (χ1n) is 10.1. The zero-order valence-corrected chi connectivity index (χ0v) is 20.2. The molecule has 28 heavy (non-hydrogen) atoms. The predicted octanol–water partition coefficient (Wildman–Crippen LogP) is 2.57. The van der Waals surface area contributed by atoms with E-state index >= 15 is 0 Å². The van der Waals surface area contributed by atoms with Crippen LogP contribution in [-0.2, 0) is 4.74 Å². The van der Waals surface area contributed by atoms with Gasteiger partial charge >= 0.3 is 0 Å². The first-order valence-corrected chi connectivity index (χ1v) is 10.1. The van der Waals surface area contributed by atoms with Crippen molar-refractivity contribution in [3.8, 4) is 0 Å². The summed E-state index contributed by atoms with van der Waals surface area (Å²) in [5, 5.41) is 6.83. The second-order valence-electron chi connectivity index (χ2n) is 7.35. The lowest BCUT2D eigenvalue weighted by Gasteiger charge is -2.36. The molecule has 0 radical (unpaired) electrons. The number of benzene rings is 1. The van der Waals surface area contributed by atoms with Gasteiger partial charge in [-0.05, 0) is 32.9 Å². The highest BCUT2D eigenvalue weighted by Crippen LogP contribution is 2.15. The lowest BCUT2D eigenvalue weighted by atomic mass is 10.1. The van der Waals surface area contributed by atoms with Gasteiger partial charge in [0.05, 0.1) is 6.10 Å². The maximum absolute atomic E-state index is 5.92. The maximum Gasteiger partial charge on any atom is 0.191 e. The van der Waals surface area contributed by atoms with Crippen LogP contribution in [0, 0.1) is 0 Å². The molecule has 6 nitrogen and oxygen atoms in total. The van der Waals surface area contributed by atoms with Crippen molar-refractivity contribution in [3.63, 3.8) is 0 Å². The molecule has 1 saturated heterocycles. The molecule has 0 saturated carbocycles. The number of nitrogens with one attached hydrogen (secondary N) is 2. The van der Waals surface area contributed by atoms with Gasteiger partial charge in [-0.2, -0.15) is 0 Å². The average molecular weight is 503 g/mol. The maximum atomic E-state index is 5.92. The minimum atomic E-state index is 0. The Bertz CT molecular complexity index is 549. The van der Waals surface area contributed by atoms with Gasteiger partial charge in [0.1, 0.15) is 0 Å². The van der Waals surface area contributed by atoms with E-state index < -0.39 is 0 Å². The van der Waals surface area contributed by atoms with E-state index in [4.69, 9.17) is 4.74 Å². The highest BCUT2D eigenvalue weighted by molar-refractivity contribution is 14.0. The van der Waals surface area contributed by atoms with Gasteiger partial charge in [0.2, 0.25) is 0 Å². The van der Waals surface area contributed by atoms with Gasteiger partial charge in [-0.1, -0.05) is 30.3 Å². The third kappa shape index (κ3) is 9.07. The molecule has 1 aromatic carbocycles. The molecular weight excluding hydrogens is 465 g/mol. The number of likely N-dealkylation sites (N-methyl/N-ethyl adjacent to an activating group) is 1. The fraction of sp³-hybridized carbons (Fsp3) is 0.667. The van der Waals surface area contributed by atoms with E-state index in [0.717, 1.165) is 58.3 Å². The Morgan fingerprint density at radius 3 is 2.43 bits per heavy atom. The molecule has 2 N–H and O–H groups in total. The molecule has 160 valence electrons. The van der Waals surface area contributed by atoms with Crippen LogP contribution in [0.4, 0.5) is 0 Å². The summed E-state index contributed by atoms with van der Waals surface area (Å²) in [5.74, 6) is 0.868. The van der Waals surface area contributed by atoms with Crippen molar-refractivity contribution in [2.45, 2.75) is 32.4 Å². The number of nitrogens with zero attached hydrogens (tertiary/aromatic N) is 3. The summed E-state index contributed by atoms with van der Waals surface area (Å²) in [7, 11) is 4.01. The summed E-state index contributed by atoms with van der Waals surface area (Å²) < 4.78 is 5.92. The van der Waals surface area contributed by atoms with Crippen LogP contribution in [0.3, 0.4) is 0 Å². The van der Waals surface area contributed by atoms with E-state index in [9.17, 15) is 0 Å². The molecule has 0 aliphatic carbocycles. The quantitative estimate of drug-likeness (QED) is 0.235. The zero-order chi connectivity index (χ0) is 19.5. The van der Waals surface area contributed by atoms with E-state index in [0.29, 0.717) is 6.04 Å². The van der Waals surface area contributed by atoms with Gasteiger partial charge < -0.3 is 20.3 Å². The van der Waals surface area contributed by atoms with Crippen LogP contribution >= 0.6 is 24.0 Å². The SMILES string of the molecule is CN=C(NCCCOC(C)c1ccccc1)NCC(C)N1CCN(C)CC1.I. The zero-order valence-electron chi connectivity index (χ0n) is 17.9. The monoisotopic (exact) mass is 503 g/mol. The number of piperazine rings is 1. The number of rotatable bonds is 9. The molecule has 2 rings (SSSR count). The molecule has 0 spiro atoms. The number of guanidine groups is 1. The first-order chi connectivity index (χ1) is 13.1.